The highest BCUT2D eigenvalue weighted by molar-refractivity contribution is 7.94. The highest BCUT2D eigenvalue weighted by Gasteiger charge is 2.24. The van der Waals surface area contributed by atoms with E-state index in [1.807, 2.05) is 0 Å². The fourth-order valence-electron chi connectivity index (χ4n) is 0.944. The van der Waals surface area contributed by atoms with Gasteiger partial charge in [-0.15, -0.1) is 0 Å². The van der Waals surface area contributed by atoms with E-state index in [0.717, 1.165) is 5.41 Å². The quantitative estimate of drug-likeness (QED) is 0.691. The number of hydrogen-bond acceptors (Lipinski definition) is 4. The van der Waals surface area contributed by atoms with Crippen molar-refractivity contribution in [1.82, 2.24) is 5.32 Å². The van der Waals surface area contributed by atoms with Gasteiger partial charge in [0.15, 0.2) is 9.84 Å². The number of alkyl carbamates (subject to hydrolysis) is 1. The van der Waals surface area contributed by atoms with Crippen LogP contribution in [0.2, 0.25) is 0 Å². The van der Waals surface area contributed by atoms with Gasteiger partial charge < -0.3 is 10.1 Å². The lowest BCUT2D eigenvalue weighted by atomic mass is 10.4. The lowest BCUT2D eigenvalue weighted by molar-refractivity contribution is 0.129. The van der Waals surface area contributed by atoms with Crippen molar-refractivity contribution in [3.63, 3.8) is 0 Å². The molecule has 1 amide bonds. The van der Waals surface area contributed by atoms with Gasteiger partial charge in [-0.05, 0) is 13.0 Å². The van der Waals surface area contributed by atoms with Crippen molar-refractivity contribution >= 4 is 15.9 Å². The standard InChI is InChI=1S/C7H11NO4S/c1-2-8-7(9)12-6-3-4-13(10,11)5-6/h3-4,6H,2,5H2,1H3,(H,8,9)/t6-/m0/s1. The first kappa shape index (κ1) is 10.0. The Morgan fingerprint density at radius 1 is 1.69 bits per heavy atom. The number of carbonyl (C=O) groups excluding carboxylic acids is 1. The molecule has 0 unspecified atom stereocenters. The van der Waals surface area contributed by atoms with Crippen LogP contribution in [0.15, 0.2) is 11.5 Å². The van der Waals surface area contributed by atoms with E-state index < -0.39 is 22.0 Å². The van der Waals surface area contributed by atoms with E-state index in [2.05, 4.69) is 5.32 Å². The molecular formula is C7H11NO4S. The first-order chi connectivity index (χ1) is 6.03. The number of carbonyl (C=O) groups is 1. The number of amides is 1. The second kappa shape index (κ2) is 3.78. The van der Waals surface area contributed by atoms with Crippen LogP contribution in [0.3, 0.4) is 0 Å². The van der Waals surface area contributed by atoms with Gasteiger partial charge >= 0.3 is 6.09 Å². The summed E-state index contributed by atoms with van der Waals surface area (Å²) in [5, 5.41) is 3.48. The summed E-state index contributed by atoms with van der Waals surface area (Å²) in [5.41, 5.74) is 0. The molecule has 1 heterocycles. The average Bonchev–Trinajstić information content (AvgIpc) is 2.30. The molecule has 5 nitrogen and oxygen atoms in total. The molecule has 0 bridgehead atoms. The molecule has 0 spiro atoms. The van der Waals surface area contributed by atoms with Crippen molar-refractivity contribution in [2.24, 2.45) is 0 Å². The summed E-state index contributed by atoms with van der Waals surface area (Å²) in [6, 6.07) is 0. The zero-order valence-corrected chi connectivity index (χ0v) is 8.00. The van der Waals surface area contributed by atoms with Gasteiger partial charge in [0.2, 0.25) is 0 Å². The molecule has 1 atom stereocenters. The molecule has 6 heteroatoms. The third-order valence-corrected chi connectivity index (χ3v) is 2.84. The zero-order valence-electron chi connectivity index (χ0n) is 7.19. The van der Waals surface area contributed by atoms with Crippen molar-refractivity contribution in [2.75, 3.05) is 12.3 Å². The van der Waals surface area contributed by atoms with E-state index in [-0.39, 0.29) is 5.75 Å². The monoisotopic (exact) mass is 205 g/mol. The molecule has 0 aromatic carbocycles. The maximum atomic E-state index is 10.9. The minimum atomic E-state index is -3.14. The van der Waals surface area contributed by atoms with E-state index >= 15 is 0 Å². The summed E-state index contributed by atoms with van der Waals surface area (Å²) < 4.78 is 26.5. The van der Waals surface area contributed by atoms with Gasteiger partial charge in [0.25, 0.3) is 0 Å². The summed E-state index contributed by atoms with van der Waals surface area (Å²) in [4.78, 5) is 10.8. The first-order valence-corrected chi connectivity index (χ1v) is 5.60. The molecule has 1 aliphatic rings. The number of rotatable bonds is 2. The van der Waals surface area contributed by atoms with E-state index in [0.29, 0.717) is 6.54 Å². The van der Waals surface area contributed by atoms with E-state index in [1.165, 1.54) is 6.08 Å². The Bertz CT molecular complexity index is 319. The topological polar surface area (TPSA) is 72.5 Å². The van der Waals surface area contributed by atoms with E-state index in [9.17, 15) is 13.2 Å². The Balaban J connectivity index is 2.42. The maximum Gasteiger partial charge on any atom is 0.407 e. The lowest BCUT2D eigenvalue weighted by Gasteiger charge is -2.08. The van der Waals surface area contributed by atoms with Crippen molar-refractivity contribution in [1.29, 1.82) is 0 Å². The average molecular weight is 205 g/mol. The molecule has 0 aromatic heterocycles. The molecule has 0 saturated heterocycles. The fourth-order valence-corrected chi connectivity index (χ4v) is 2.11. The van der Waals surface area contributed by atoms with Crippen LogP contribution in [-0.2, 0) is 14.6 Å². The van der Waals surface area contributed by atoms with Gasteiger partial charge in [0.1, 0.15) is 6.10 Å². The van der Waals surface area contributed by atoms with Crippen LogP contribution in [0.1, 0.15) is 6.92 Å². The van der Waals surface area contributed by atoms with Crippen molar-refractivity contribution in [2.45, 2.75) is 13.0 Å². The van der Waals surface area contributed by atoms with E-state index in [4.69, 9.17) is 4.74 Å². The molecule has 0 aromatic rings. The Labute approximate surface area is 76.7 Å². The van der Waals surface area contributed by atoms with Gasteiger partial charge in [0, 0.05) is 12.0 Å². The predicted molar refractivity (Wildman–Crippen MR) is 46.9 cm³/mol. The summed E-state index contributed by atoms with van der Waals surface area (Å²) >= 11 is 0. The van der Waals surface area contributed by atoms with Gasteiger partial charge in [-0.25, -0.2) is 13.2 Å². The van der Waals surface area contributed by atoms with Crippen LogP contribution in [0.4, 0.5) is 4.79 Å². The van der Waals surface area contributed by atoms with Gasteiger partial charge in [-0.2, -0.15) is 0 Å². The highest BCUT2D eigenvalue weighted by Crippen LogP contribution is 2.11. The van der Waals surface area contributed by atoms with Crippen LogP contribution in [0, 0.1) is 0 Å². The molecule has 1 N–H and O–H groups in total. The van der Waals surface area contributed by atoms with Crippen molar-refractivity contribution < 1.29 is 17.9 Å². The van der Waals surface area contributed by atoms with Crippen LogP contribution in [0.5, 0.6) is 0 Å². The fraction of sp³-hybridized carbons (Fsp3) is 0.571. The van der Waals surface area contributed by atoms with Crippen LogP contribution in [-0.4, -0.2) is 32.9 Å². The third-order valence-electron chi connectivity index (χ3n) is 1.48. The van der Waals surface area contributed by atoms with E-state index in [1.54, 1.807) is 6.92 Å². The van der Waals surface area contributed by atoms with Gasteiger partial charge in [0.05, 0.1) is 5.75 Å². The minimum Gasteiger partial charge on any atom is -0.441 e. The number of sulfone groups is 1. The van der Waals surface area contributed by atoms with Crippen LogP contribution < -0.4 is 5.32 Å². The maximum absolute atomic E-state index is 10.9. The normalized spacial score (nSPS) is 24.2. The third kappa shape index (κ3) is 3.06. The highest BCUT2D eigenvalue weighted by atomic mass is 32.2. The Morgan fingerprint density at radius 3 is 2.85 bits per heavy atom. The zero-order chi connectivity index (χ0) is 9.90. The van der Waals surface area contributed by atoms with Crippen molar-refractivity contribution in [3.8, 4) is 0 Å². The smallest absolute Gasteiger partial charge is 0.407 e. The number of ether oxygens (including phenoxy) is 1. The Morgan fingerprint density at radius 2 is 2.38 bits per heavy atom. The second-order valence-corrected chi connectivity index (χ2v) is 4.56. The molecule has 0 fully saturated rings. The number of hydrogen-bond donors (Lipinski definition) is 1. The molecule has 1 rings (SSSR count). The SMILES string of the molecule is CCNC(=O)O[C@H]1C=CS(=O)(=O)C1. The number of nitrogens with one attached hydrogen (secondary N) is 1. The molecule has 13 heavy (non-hydrogen) atoms. The summed E-state index contributed by atoms with van der Waals surface area (Å²) in [7, 11) is -3.14. The first-order valence-electron chi connectivity index (χ1n) is 3.89. The Kier molecular flexibility index (Phi) is 2.92. The van der Waals surface area contributed by atoms with Gasteiger partial charge in [-0.1, -0.05) is 0 Å². The molecule has 0 radical (unpaired) electrons. The van der Waals surface area contributed by atoms with Crippen LogP contribution in [0.25, 0.3) is 0 Å². The molecule has 0 saturated carbocycles. The lowest BCUT2D eigenvalue weighted by Crippen LogP contribution is -2.29. The molecule has 74 valence electrons. The van der Waals surface area contributed by atoms with Crippen LogP contribution >= 0.6 is 0 Å². The second-order valence-electron chi connectivity index (χ2n) is 2.63. The van der Waals surface area contributed by atoms with Crippen molar-refractivity contribution in [3.05, 3.63) is 11.5 Å². The predicted octanol–water partition coefficient (Wildman–Crippen LogP) is 0.0432. The summed E-state index contributed by atoms with van der Waals surface area (Å²) in [6.45, 7) is 2.21. The van der Waals surface area contributed by atoms with Gasteiger partial charge in [-0.3, -0.25) is 0 Å². The molecular weight excluding hydrogens is 194 g/mol. The summed E-state index contributed by atoms with van der Waals surface area (Å²) in [5.74, 6) is -0.149. The summed E-state index contributed by atoms with van der Waals surface area (Å²) in [6.07, 6.45) is 0.135. The largest absolute Gasteiger partial charge is 0.441 e. The molecule has 1 aliphatic heterocycles. The Hall–Kier alpha value is -1.04. The molecule has 0 aliphatic carbocycles. The minimum absolute atomic E-state index is 0.149.